The Kier molecular flexibility index (Phi) is 6.35. The number of allylic oxidation sites excluding steroid dienone is 1. The number of aliphatic hydroxyl groups excluding tert-OH is 5. The Hall–Kier alpha value is -2.32. The minimum absolute atomic E-state index is 0.0179. The molecule has 0 unspecified atom stereocenters. The zero-order chi connectivity index (χ0) is 24.1. The standard InChI is InChI=1S/C21H26O12/c1-8(23)10-5-21(33-17(10)27)4-3-9-12(16(26)29-2)7-30-20(13(9)21)32-19-11(6-22)14(24)15(25)18(28)31-19/h3-5,7-9,11,13-15,18-20,22-25,28H,6H2,1-2H3/t8-,9+,11+,13+,14-,15-,18+,19-,20-,21+/m0/s1. The predicted molar refractivity (Wildman–Crippen MR) is 104 cm³/mol. The predicted octanol–water partition coefficient (Wildman–Crippen LogP) is -2.17. The van der Waals surface area contributed by atoms with Gasteiger partial charge in [-0.2, -0.15) is 0 Å². The molecule has 33 heavy (non-hydrogen) atoms. The van der Waals surface area contributed by atoms with E-state index in [1.807, 2.05) is 0 Å². The molecule has 4 aliphatic rings. The molecule has 0 amide bonds. The molecule has 5 N–H and O–H groups in total. The molecule has 0 saturated carbocycles. The molecule has 1 fully saturated rings. The number of fused-ring (bicyclic) bond motifs is 2. The highest BCUT2D eigenvalue weighted by molar-refractivity contribution is 5.94. The van der Waals surface area contributed by atoms with E-state index in [4.69, 9.17) is 23.7 Å². The quantitative estimate of drug-likeness (QED) is 0.217. The van der Waals surface area contributed by atoms with Gasteiger partial charge in [-0.1, -0.05) is 6.08 Å². The third-order valence-corrected chi connectivity index (χ3v) is 6.39. The molecule has 12 heteroatoms. The van der Waals surface area contributed by atoms with Crippen LogP contribution in [-0.4, -0.2) is 94.0 Å². The summed E-state index contributed by atoms with van der Waals surface area (Å²) in [6.45, 7) is 0.757. The summed E-state index contributed by atoms with van der Waals surface area (Å²) in [5.41, 5.74) is -1.29. The molecular weight excluding hydrogens is 444 g/mol. The first-order valence-electron chi connectivity index (χ1n) is 10.4. The number of hydrogen-bond donors (Lipinski definition) is 5. The molecule has 1 saturated heterocycles. The molecule has 0 aromatic heterocycles. The van der Waals surface area contributed by atoms with Crippen molar-refractivity contribution < 1.29 is 58.8 Å². The van der Waals surface area contributed by atoms with Gasteiger partial charge in [0, 0.05) is 5.92 Å². The van der Waals surface area contributed by atoms with E-state index in [-0.39, 0.29) is 11.1 Å². The Morgan fingerprint density at radius 2 is 1.97 bits per heavy atom. The van der Waals surface area contributed by atoms with Crippen LogP contribution in [0.2, 0.25) is 0 Å². The molecule has 4 rings (SSSR count). The van der Waals surface area contributed by atoms with E-state index in [0.717, 1.165) is 6.26 Å². The molecular formula is C21H26O12. The van der Waals surface area contributed by atoms with Crippen molar-refractivity contribution >= 4 is 11.9 Å². The van der Waals surface area contributed by atoms with Crippen LogP contribution in [0.3, 0.4) is 0 Å². The molecule has 3 heterocycles. The second-order valence-corrected chi connectivity index (χ2v) is 8.36. The van der Waals surface area contributed by atoms with Crippen LogP contribution in [0.15, 0.2) is 35.6 Å². The van der Waals surface area contributed by atoms with Gasteiger partial charge in [0.2, 0.25) is 6.29 Å². The van der Waals surface area contributed by atoms with Gasteiger partial charge in [0.1, 0.15) is 6.10 Å². The van der Waals surface area contributed by atoms with Gasteiger partial charge in [0.25, 0.3) is 0 Å². The largest absolute Gasteiger partial charge is 0.471 e. The van der Waals surface area contributed by atoms with Crippen LogP contribution in [0.1, 0.15) is 6.92 Å². The molecule has 0 radical (unpaired) electrons. The first-order valence-corrected chi connectivity index (χ1v) is 10.4. The van der Waals surface area contributed by atoms with Gasteiger partial charge in [-0.3, -0.25) is 0 Å². The topological polar surface area (TPSA) is 181 Å². The Balaban J connectivity index is 1.69. The van der Waals surface area contributed by atoms with Crippen LogP contribution in [0.4, 0.5) is 0 Å². The normalized spacial score (nSPS) is 42.8. The van der Waals surface area contributed by atoms with Gasteiger partial charge in [0.05, 0.1) is 55.2 Å². The molecule has 3 aliphatic heterocycles. The SMILES string of the molecule is COC(=O)C1=CO[C@@H](O[C@@H]2O[C@@H](O)[C@@H](O)[C@@H](O)[C@H]2CO)[C@H]2[C@@H]1C=C[C@@]21C=C([C@H](C)O)C(=O)O1. The fraction of sp³-hybridized carbons (Fsp3) is 0.619. The van der Waals surface area contributed by atoms with Crippen molar-refractivity contribution in [3.63, 3.8) is 0 Å². The molecule has 10 atom stereocenters. The average Bonchev–Trinajstić information content (AvgIpc) is 3.32. The summed E-state index contributed by atoms with van der Waals surface area (Å²) >= 11 is 0. The van der Waals surface area contributed by atoms with Gasteiger partial charge in [-0.15, -0.1) is 0 Å². The highest BCUT2D eigenvalue weighted by atomic mass is 16.8. The molecule has 0 aromatic rings. The number of carbonyl (C=O) groups excluding carboxylic acids is 2. The molecule has 1 spiro atoms. The van der Waals surface area contributed by atoms with Crippen LogP contribution >= 0.6 is 0 Å². The first kappa shape index (κ1) is 23.8. The summed E-state index contributed by atoms with van der Waals surface area (Å²) in [5, 5.41) is 49.6. The van der Waals surface area contributed by atoms with Crippen molar-refractivity contribution in [3.8, 4) is 0 Å². The molecule has 12 nitrogen and oxygen atoms in total. The highest BCUT2D eigenvalue weighted by Crippen LogP contribution is 2.51. The fourth-order valence-electron chi connectivity index (χ4n) is 4.62. The Morgan fingerprint density at radius 3 is 2.58 bits per heavy atom. The maximum atomic E-state index is 12.4. The number of ether oxygens (including phenoxy) is 5. The lowest BCUT2D eigenvalue weighted by Crippen LogP contribution is -2.58. The molecule has 182 valence electrons. The number of carbonyl (C=O) groups is 2. The van der Waals surface area contributed by atoms with Crippen molar-refractivity contribution in [1.29, 1.82) is 0 Å². The Labute approximate surface area is 188 Å². The van der Waals surface area contributed by atoms with Crippen molar-refractivity contribution in [1.82, 2.24) is 0 Å². The van der Waals surface area contributed by atoms with Crippen molar-refractivity contribution in [2.24, 2.45) is 17.8 Å². The Morgan fingerprint density at radius 1 is 1.24 bits per heavy atom. The van der Waals surface area contributed by atoms with Gasteiger partial charge in [-0.05, 0) is 19.1 Å². The van der Waals surface area contributed by atoms with Crippen LogP contribution in [0.5, 0.6) is 0 Å². The molecule has 0 aromatic carbocycles. The van der Waals surface area contributed by atoms with E-state index >= 15 is 0 Å². The number of esters is 2. The average molecular weight is 470 g/mol. The van der Waals surface area contributed by atoms with Crippen molar-refractivity contribution in [2.75, 3.05) is 13.7 Å². The summed E-state index contributed by atoms with van der Waals surface area (Å²) in [6, 6.07) is 0. The van der Waals surface area contributed by atoms with Gasteiger partial charge >= 0.3 is 11.9 Å². The highest BCUT2D eigenvalue weighted by Gasteiger charge is 2.59. The second-order valence-electron chi connectivity index (χ2n) is 8.36. The zero-order valence-corrected chi connectivity index (χ0v) is 17.8. The minimum atomic E-state index is -1.80. The summed E-state index contributed by atoms with van der Waals surface area (Å²) < 4.78 is 27.2. The summed E-state index contributed by atoms with van der Waals surface area (Å²) in [4.78, 5) is 24.7. The monoisotopic (exact) mass is 470 g/mol. The van der Waals surface area contributed by atoms with E-state index in [1.165, 1.54) is 20.1 Å². The maximum absolute atomic E-state index is 12.4. The van der Waals surface area contributed by atoms with Gasteiger partial charge in [0.15, 0.2) is 18.2 Å². The summed E-state index contributed by atoms with van der Waals surface area (Å²) in [5.74, 6) is -4.15. The lowest BCUT2D eigenvalue weighted by Gasteiger charge is -2.44. The van der Waals surface area contributed by atoms with E-state index in [9.17, 15) is 35.1 Å². The second kappa shape index (κ2) is 8.80. The van der Waals surface area contributed by atoms with Crippen molar-refractivity contribution in [3.05, 3.63) is 35.6 Å². The van der Waals surface area contributed by atoms with E-state index < -0.39 is 79.1 Å². The van der Waals surface area contributed by atoms with E-state index in [2.05, 4.69) is 0 Å². The fourth-order valence-corrected chi connectivity index (χ4v) is 4.62. The minimum Gasteiger partial charge on any atom is -0.471 e. The first-order chi connectivity index (χ1) is 15.6. The third-order valence-electron chi connectivity index (χ3n) is 6.39. The third kappa shape index (κ3) is 3.87. The Bertz CT molecular complexity index is 894. The van der Waals surface area contributed by atoms with Gasteiger partial charge in [-0.25, -0.2) is 9.59 Å². The van der Waals surface area contributed by atoms with Gasteiger partial charge < -0.3 is 49.2 Å². The van der Waals surface area contributed by atoms with Crippen LogP contribution in [0.25, 0.3) is 0 Å². The number of hydrogen-bond acceptors (Lipinski definition) is 12. The smallest absolute Gasteiger partial charge is 0.337 e. The molecule has 1 aliphatic carbocycles. The molecule has 0 bridgehead atoms. The maximum Gasteiger partial charge on any atom is 0.337 e. The number of aliphatic hydroxyl groups is 5. The van der Waals surface area contributed by atoms with Crippen LogP contribution < -0.4 is 0 Å². The lowest BCUT2D eigenvalue weighted by atomic mass is 9.78. The van der Waals surface area contributed by atoms with Crippen LogP contribution in [0, 0.1) is 17.8 Å². The number of methoxy groups -OCH3 is 1. The number of rotatable bonds is 5. The van der Waals surface area contributed by atoms with Crippen molar-refractivity contribution in [2.45, 2.75) is 49.7 Å². The van der Waals surface area contributed by atoms with E-state index in [1.54, 1.807) is 12.2 Å². The summed E-state index contributed by atoms with van der Waals surface area (Å²) in [6.07, 6.45) is -3.08. The zero-order valence-electron chi connectivity index (χ0n) is 17.8. The van der Waals surface area contributed by atoms with Crippen LogP contribution in [-0.2, 0) is 33.3 Å². The van der Waals surface area contributed by atoms with E-state index in [0.29, 0.717) is 0 Å². The lowest BCUT2D eigenvalue weighted by molar-refractivity contribution is -0.365. The summed E-state index contributed by atoms with van der Waals surface area (Å²) in [7, 11) is 1.20.